The lowest BCUT2D eigenvalue weighted by molar-refractivity contribution is -0.178. The van der Waals surface area contributed by atoms with Gasteiger partial charge in [-0.3, -0.25) is 0 Å². The molecule has 2 N–H and O–H groups in total. The number of hydrogen-bond acceptors (Lipinski definition) is 3. The van der Waals surface area contributed by atoms with Crippen molar-refractivity contribution in [2.24, 2.45) is 5.92 Å². The smallest absolute Gasteiger partial charge is 0.109 e. The van der Waals surface area contributed by atoms with Gasteiger partial charge in [0.1, 0.15) is 7.85 Å². The van der Waals surface area contributed by atoms with Crippen LogP contribution in [0.2, 0.25) is 0 Å². The second-order valence-corrected chi connectivity index (χ2v) is 3.64. The normalized spacial score (nSPS) is 43.7. The molecule has 12 heavy (non-hydrogen) atoms. The van der Waals surface area contributed by atoms with Gasteiger partial charge in [-0.05, 0) is 6.42 Å². The summed E-state index contributed by atoms with van der Waals surface area (Å²) in [6.45, 7) is 1.82. The monoisotopic (exact) mass is 170 g/mol. The Balaban J connectivity index is 2.41. The van der Waals surface area contributed by atoms with Crippen molar-refractivity contribution in [3.05, 3.63) is 0 Å². The lowest BCUT2D eigenvalue weighted by Crippen LogP contribution is -2.57. The van der Waals surface area contributed by atoms with Crippen LogP contribution < -0.4 is 0 Å². The van der Waals surface area contributed by atoms with Crippen molar-refractivity contribution >= 4 is 7.85 Å². The van der Waals surface area contributed by atoms with Crippen molar-refractivity contribution in [1.82, 2.24) is 0 Å². The third-order valence-corrected chi connectivity index (χ3v) is 2.84. The summed E-state index contributed by atoms with van der Waals surface area (Å²) in [5.41, 5.74) is -0.825. The minimum atomic E-state index is -0.825. The van der Waals surface area contributed by atoms with Gasteiger partial charge in [0.05, 0.1) is 11.7 Å². The molecule has 1 aliphatic carbocycles. The molecule has 4 atom stereocenters. The van der Waals surface area contributed by atoms with Gasteiger partial charge < -0.3 is 14.9 Å². The molecular weight excluding hydrogens is 155 g/mol. The summed E-state index contributed by atoms with van der Waals surface area (Å²) in [5, 5.41) is 19.0. The second kappa shape index (κ2) is 3.36. The van der Waals surface area contributed by atoms with Crippen LogP contribution in [0.5, 0.6) is 0 Å². The van der Waals surface area contributed by atoms with Gasteiger partial charge >= 0.3 is 0 Å². The van der Waals surface area contributed by atoms with Crippen LogP contribution in [-0.2, 0) is 4.74 Å². The van der Waals surface area contributed by atoms with Gasteiger partial charge in [0.25, 0.3) is 0 Å². The number of aliphatic hydroxyl groups is 2. The number of hydrogen-bond donors (Lipinski definition) is 2. The van der Waals surface area contributed by atoms with E-state index in [0.717, 1.165) is 0 Å². The molecule has 0 aromatic heterocycles. The van der Waals surface area contributed by atoms with Crippen molar-refractivity contribution in [3.63, 3.8) is 0 Å². The SMILES string of the molecule is [B][C@@H](C[C@]1(O)C[C@@H](O)C1C)OC. The van der Waals surface area contributed by atoms with E-state index in [1.807, 2.05) is 6.92 Å². The number of rotatable bonds is 3. The summed E-state index contributed by atoms with van der Waals surface area (Å²) in [6.07, 6.45) is 0.409. The average Bonchev–Trinajstić information content (AvgIpc) is 2.03. The molecule has 3 nitrogen and oxygen atoms in total. The Morgan fingerprint density at radius 1 is 1.75 bits per heavy atom. The van der Waals surface area contributed by atoms with Crippen molar-refractivity contribution in [3.8, 4) is 0 Å². The van der Waals surface area contributed by atoms with Crippen molar-refractivity contribution in [2.75, 3.05) is 7.11 Å². The molecule has 68 valence electrons. The van der Waals surface area contributed by atoms with Crippen LogP contribution in [0.4, 0.5) is 0 Å². The van der Waals surface area contributed by atoms with E-state index in [-0.39, 0.29) is 12.0 Å². The topological polar surface area (TPSA) is 49.7 Å². The van der Waals surface area contributed by atoms with Gasteiger partial charge in [0.15, 0.2) is 0 Å². The lowest BCUT2D eigenvalue weighted by Gasteiger charge is -2.48. The van der Waals surface area contributed by atoms with Crippen LogP contribution in [0, 0.1) is 5.92 Å². The Labute approximate surface area is 74.1 Å². The minimum absolute atomic E-state index is 0.0984. The molecule has 1 aliphatic rings. The van der Waals surface area contributed by atoms with Gasteiger partial charge in [-0.1, -0.05) is 6.92 Å². The number of methoxy groups -OCH3 is 1. The molecule has 1 unspecified atom stereocenters. The second-order valence-electron chi connectivity index (χ2n) is 3.64. The maximum absolute atomic E-state index is 9.83. The van der Waals surface area contributed by atoms with Crippen molar-refractivity contribution < 1.29 is 14.9 Å². The molecule has 1 saturated carbocycles. The zero-order chi connectivity index (χ0) is 9.35. The highest BCUT2D eigenvalue weighted by Crippen LogP contribution is 2.41. The standard InChI is InChI=1S/C8H15BO3/c1-5-6(10)3-8(5,11)4-7(9)12-2/h5-7,10-11H,3-4H2,1-2H3/t5?,6-,7-,8-/m1/s1. The summed E-state index contributed by atoms with van der Waals surface area (Å²) in [7, 11) is 7.02. The Kier molecular flexibility index (Phi) is 2.81. The Hall–Kier alpha value is -0.0551. The first-order chi connectivity index (χ1) is 5.49. The third-order valence-electron chi connectivity index (χ3n) is 2.84. The van der Waals surface area contributed by atoms with Gasteiger partial charge in [-0.15, -0.1) is 0 Å². The van der Waals surface area contributed by atoms with E-state index in [4.69, 9.17) is 12.6 Å². The summed E-state index contributed by atoms with van der Waals surface area (Å²) in [6, 6.07) is -0.440. The van der Waals surface area contributed by atoms with Crippen LogP contribution >= 0.6 is 0 Å². The van der Waals surface area contributed by atoms with Crippen LogP contribution in [0.1, 0.15) is 19.8 Å². The Bertz CT molecular complexity index is 164. The van der Waals surface area contributed by atoms with Crippen LogP contribution in [-0.4, -0.2) is 42.9 Å². The van der Waals surface area contributed by atoms with Crippen LogP contribution in [0.3, 0.4) is 0 Å². The summed E-state index contributed by atoms with van der Waals surface area (Å²) in [4.78, 5) is 0. The van der Waals surface area contributed by atoms with E-state index < -0.39 is 11.6 Å². The van der Waals surface area contributed by atoms with Gasteiger partial charge in [0.2, 0.25) is 0 Å². The number of ether oxygens (including phenoxy) is 1. The molecule has 4 heteroatoms. The van der Waals surface area contributed by atoms with E-state index >= 15 is 0 Å². The maximum Gasteiger partial charge on any atom is 0.109 e. The largest absolute Gasteiger partial charge is 0.393 e. The fraction of sp³-hybridized carbons (Fsp3) is 1.00. The highest BCUT2D eigenvalue weighted by Gasteiger charge is 2.49. The fourth-order valence-corrected chi connectivity index (χ4v) is 1.62. The predicted molar refractivity (Wildman–Crippen MR) is 45.9 cm³/mol. The summed E-state index contributed by atoms with van der Waals surface area (Å²) < 4.78 is 4.84. The lowest BCUT2D eigenvalue weighted by atomic mass is 9.64. The highest BCUT2D eigenvalue weighted by atomic mass is 16.5. The summed E-state index contributed by atoms with van der Waals surface area (Å²) >= 11 is 0. The zero-order valence-corrected chi connectivity index (χ0v) is 7.53. The van der Waals surface area contributed by atoms with E-state index in [0.29, 0.717) is 12.8 Å². The number of aliphatic hydroxyl groups excluding tert-OH is 1. The molecule has 1 fully saturated rings. The molecule has 0 aromatic carbocycles. The molecule has 0 aromatic rings. The molecule has 0 bridgehead atoms. The Morgan fingerprint density at radius 3 is 2.67 bits per heavy atom. The molecule has 0 amide bonds. The van der Waals surface area contributed by atoms with E-state index in [1.165, 1.54) is 7.11 Å². The molecule has 0 aliphatic heterocycles. The molecule has 0 spiro atoms. The Morgan fingerprint density at radius 2 is 2.33 bits per heavy atom. The minimum Gasteiger partial charge on any atom is -0.393 e. The quantitative estimate of drug-likeness (QED) is 0.569. The predicted octanol–water partition coefficient (Wildman–Crippen LogP) is -0.351. The maximum atomic E-state index is 9.83. The highest BCUT2D eigenvalue weighted by molar-refractivity contribution is 6.11. The summed E-state index contributed by atoms with van der Waals surface area (Å²) in [5.74, 6) is -0.0984. The van der Waals surface area contributed by atoms with Gasteiger partial charge in [-0.25, -0.2) is 0 Å². The molecule has 2 radical (unpaired) electrons. The van der Waals surface area contributed by atoms with Crippen LogP contribution in [0.15, 0.2) is 0 Å². The zero-order valence-electron chi connectivity index (χ0n) is 7.53. The molecule has 0 heterocycles. The fourth-order valence-electron chi connectivity index (χ4n) is 1.62. The first-order valence-electron chi connectivity index (χ1n) is 4.18. The van der Waals surface area contributed by atoms with Gasteiger partial charge in [-0.2, -0.15) is 0 Å². The molecule has 0 saturated heterocycles. The first kappa shape index (κ1) is 10.0. The van der Waals surface area contributed by atoms with E-state index in [1.54, 1.807) is 0 Å². The average molecular weight is 170 g/mol. The molecule has 1 rings (SSSR count). The first-order valence-corrected chi connectivity index (χ1v) is 4.18. The van der Waals surface area contributed by atoms with Crippen LogP contribution in [0.25, 0.3) is 0 Å². The van der Waals surface area contributed by atoms with E-state index in [2.05, 4.69) is 0 Å². The molecular formula is C8H15BO3. The van der Waals surface area contributed by atoms with Gasteiger partial charge in [0, 0.05) is 25.5 Å². The van der Waals surface area contributed by atoms with Crippen molar-refractivity contribution in [2.45, 2.75) is 37.5 Å². The van der Waals surface area contributed by atoms with Crippen molar-refractivity contribution in [1.29, 1.82) is 0 Å². The van der Waals surface area contributed by atoms with E-state index in [9.17, 15) is 10.2 Å². The third kappa shape index (κ3) is 1.65.